The van der Waals surface area contributed by atoms with E-state index in [0.717, 1.165) is 0 Å². The van der Waals surface area contributed by atoms with Crippen LogP contribution >= 0.6 is 0 Å². The quantitative estimate of drug-likeness (QED) is 0.358. The van der Waals surface area contributed by atoms with Gasteiger partial charge in [0.15, 0.2) is 6.10 Å². The Bertz CT molecular complexity index is 243. The van der Waals surface area contributed by atoms with Gasteiger partial charge < -0.3 is 25.2 Å². The molecule has 0 radical (unpaired) electrons. The van der Waals surface area contributed by atoms with E-state index >= 15 is 0 Å². The van der Waals surface area contributed by atoms with Crippen LogP contribution in [0.1, 0.15) is 0 Å². The molecule has 0 aromatic carbocycles. The van der Waals surface area contributed by atoms with Gasteiger partial charge in [0.1, 0.15) is 31.0 Å². The molecule has 1 aliphatic heterocycles. The Morgan fingerprint density at radius 1 is 1.15 bits per heavy atom. The van der Waals surface area contributed by atoms with Crippen molar-refractivity contribution in [3.8, 4) is 0 Å². The maximum Gasteiger partial charge on any atom is 0.210 e. The van der Waals surface area contributed by atoms with Crippen molar-refractivity contribution < 1.29 is 25.2 Å². The van der Waals surface area contributed by atoms with Gasteiger partial charge in [0.25, 0.3) is 0 Å². The monoisotopic (exact) mass is 189 g/mol. The highest BCUT2D eigenvalue weighted by Gasteiger charge is 2.53. The van der Waals surface area contributed by atoms with Crippen molar-refractivity contribution in [2.75, 3.05) is 6.61 Å². The van der Waals surface area contributed by atoms with Gasteiger partial charge in [0.2, 0.25) is 5.90 Å². The van der Waals surface area contributed by atoms with Gasteiger partial charge in [-0.25, -0.2) is 4.99 Å². The van der Waals surface area contributed by atoms with E-state index in [1.54, 1.807) is 0 Å². The molecule has 1 aliphatic carbocycles. The first-order valence-electron chi connectivity index (χ1n) is 4.03. The highest BCUT2D eigenvalue weighted by atomic mass is 16.5. The summed E-state index contributed by atoms with van der Waals surface area (Å²) >= 11 is 0. The molecule has 74 valence electrons. The molecule has 0 spiro atoms. The molecule has 1 saturated carbocycles. The molecule has 2 aliphatic rings. The Morgan fingerprint density at radius 2 is 1.85 bits per heavy atom. The van der Waals surface area contributed by atoms with E-state index in [0.29, 0.717) is 0 Å². The van der Waals surface area contributed by atoms with Crippen LogP contribution in [-0.4, -0.2) is 63.4 Å². The summed E-state index contributed by atoms with van der Waals surface area (Å²) in [7, 11) is 0. The molecule has 4 N–H and O–H groups in total. The van der Waals surface area contributed by atoms with Crippen molar-refractivity contribution in [1.29, 1.82) is 0 Å². The standard InChI is InChI=1S/C7H11NO5/c9-1-2-8-3-4(10)5(11)6(12)7(3)13-2/h3-7,9-12H,1H2. The van der Waals surface area contributed by atoms with Crippen molar-refractivity contribution in [2.24, 2.45) is 4.99 Å². The maximum atomic E-state index is 9.37. The van der Waals surface area contributed by atoms with E-state index in [2.05, 4.69) is 4.99 Å². The van der Waals surface area contributed by atoms with Gasteiger partial charge in [0, 0.05) is 0 Å². The number of hydrogen-bond donors (Lipinski definition) is 4. The van der Waals surface area contributed by atoms with Crippen LogP contribution in [0.4, 0.5) is 0 Å². The molecule has 6 heteroatoms. The summed E-state index contributed by atoms with van der Waals surface area (Å²) in [6.45, 7) is -0.359. The van der Waals surface area contributed by atoms with Gasteiger partial charge in [0.05, 0.1) is 0 Å². The highest BCUT2D eigenvalue weighted by molar-refractivity contribution is 5.79. The van der Waals surface area contributed by atoms with E-state index in [-0.39, 0.29) is 12.5 Å². The second-order valence-electron chi connectivity index (χ2n) is 3.23. The molecule has 5 atom stereocenters. The zero-order chi connectivity index (χ0) is 9.59. The second-order valence-corrected chi connectivity index (χ2v) is 3.23. The first-order chi connectivity index (χ1) is 6.15. The van der Waals surface area contributed by atoms with E-state index in [1.165, 1.54) is 0 Å². The van der Waals surface area contributed by atoms with Crippen molar-refractivity contribution in [2.45, 2.75) is 30.5 Å². The zero-order valence-corrected chi connectivity index (χ0v) is 6.74. The Labute approximate surface area is 74.1 Å². The molecule has 0 aromatic heterocycles. The van der Waals surface area contributed by atoms with Crippen molar-refractivity contribution in [3.05, 3.63) is 0 Å². The molecule has 0 bridgehead atoms. The van der Waals surface area contributed by atoms with Gasteiger partial charge >= 0.3 is 0 Å². The van der Waals surface area contributed by atoms with Crippen LogP contribution in [0.2, 0.25) is 0 Å². The Kier molecular flexibility index (Phi) is 1.99. The minimum Gasteiger partial charge on any atom is -0.471 e. The normalized spacial score (nSPS) is 48.6. The van der Waals surface area contributed by atoms with Crippen LogP contribution in [0.25, 0.3) is 0 Å². The molecular formula is C7H11NO5. The number of aliphatic hydroxyl groups is 4. The number of aliphatic imine (C=N–C) groups is 1. The predicted molar refractivity (Wildman–Crippen MR) is 41.2 cm³/mol. The smallest absolute Gasteiger partial charge is 0.210 e. The lowest BCUT2D eigenvalue weighted by molar-refractivity contribution is -0.0401. The molecular weight excluding hydrogens is 178 g/mol. The highest BCUT2D eigenvalue weighted by Crippen LogP contribution is 2.30. The first-order valence-corrected chi connectivity index (χ1v) is 4.03. The molecule has 0 saturated heterocycles. The predicted octanol–water partition coefficient (Wildman–Crippen LogP) is -2.76. The largest absolute Gasteiger partial charge is 0.471 e. The van der Waals surface area contributed by atoms with Gasteiger partial charge in [-0.2, -0.15) is 0 Å². The third-order valence-electron chi connectivity index (χ3n) is 2.42. The summed E-state index contributed by atoms with van der Waals surface area (Å²) in [5.74, 6) is 0.0972. The molecule has 5 unspecified atom stereocenters. The molecule has 0 aromatic rings. The molecule has 0 amide bonds. The van der Waals surface area contributed by atoms with Gasteiger partial charge in [-0.3, -0.25) is 0 Å². The Hall–Kier alpha value is -0.690. The maximum absolute atomic E-state index is 9.37. The van der Waals surface area contributed by atoms with Gasteiger partial charge in [-0.05, 0) is 0 Å². The minimum atomic E-state index is -1.22. The molecule has 1 heterocycles. The summed E-state index contributed by atoms with van der Waals surface area (Å²) in [4.78, 5) is 3.82. The van der Waals surface area contributed by atoms with Crippen molar-refractivity contribution >= 4 is 5.90 Å². The van der Waals surface area contributed by atoms with E-state index < -0.39 is 30.5 Å². The fraction of sp³-hybridized carbons (Fsp3) is 0.857. The summed E-state index contributed by atoms with van der Waals surface area (Å²) in [5.41, 5.74) is 0. The topological polar surface area (TPSA) is 103 Å². The lowest BCUT2D eigenvalue weighted by Gasteiger charge is -2.14. The summed E-state index contributed by atoms with van der Waals surface area (Å²) in [6.07, 6.45) is -4.22. The van der Waals surface area contributed by atoms with Crippen LogP contribution in [-0.2, 0) is 4.74 Å². The van der Waals surface area contributed by atoms with E-state index in [9.17, 15) is 15.3 Å². The van der Waals surface area contributed by atoms with E-state index in [4.69, 9.17) is 9.84 Å². The number of rotatable bonds is 1. The third-order valence-corrected chi connectivity index (χ3v) is 2.42. The van der Waals surface area contributed by atoms with Crippen molar-refractivity contribution in [1.82, 2.24) is 0 Å². The van der Waals surface area contributed by atoms with Crippen molar-refractivity contribution in [3.63, 3.8) is 0 Å². The van der Waals surface area contributed by atoms with E-state index in [1.807, 2.05) is 0 Å². The Morgan fingerprint density at radius 3 is 2.38 bits per heavy atom. The summed E-state index contributed by atoms with van der Waals surface area (Å²) < 4.78 is 5.02. The molecule has 2 rings (SSSR count). The third kappa shape index (κ3) is 1.14. The summed E-state index contributed by atoms with van der Waals surface area (Å²) in [6, 6.07) is -0.660. The SMILES string of the molecule is OCC1=NC2C(O)C(O)C(O)C2O1. The number of aliphatic hydroxyl groups excluding tert-OH is 4. The van der Waals surface area contributed by atoms with Gasteiger partial charge in [-0.15, -0.1) is 0 Å². The fourth-order valence-corrected chi connectivity index (χ4v) is 1.72. The van der Waals surface area contributed by atoms with Crippen LogP contribution in [0.5, 0.6) is 0 Å². The lowest BCUT2D eigenvalue weighted by atomic mass is 10.2. The lowest BCUT2D eigenvalue weighted by Crippen LogP contribution is -2.34. The van der Waals surface area contributed by atoms with Crippen LogP contribution in [0.15, 0.2) is 4.99 Å². The number of fused-ring (bicyclic) bond motifs is 1. The fourth-order valence-electron chi connectivity index (χ4n) is 1.72. The van der Waals surface area contributed by atoms with Crippen LogP contribution in [0.3, 0.4) is 0 Å². The van der Waals surface area contributed by atoms with Crippen LogP contribution < -0.4 is 0 Å². The zero-order valence-electron chi connectivity index (χ0n) is 6.74. The molecule has 6 nitrogen and oxygen atoms in total. The minimum absolute atomic E-state index is 0.0972. The Balaban J connectivity index is 2.18. The first kappa shape index (κ1) is 8.89. The molecule has 1 fully saturated rings. The van der Waals surface area contributed by atoms with Crippen LogP contribution in [0, 0.1) is 0 Å². The number of nitrogens with zero attached hydrogens (tertiary/aromatic N) is 1. The second kappa shape index (κ2) is 2.91. The average Bonchev–Trinajstić information content (AvgIpc) is 2.64. The average molecular weight is 189 g/mol. The molecule has 13 heavy (non-hydrogen) atoms. The van der Waals surface area contributed by atoms with Gasteiger partial charge in [-0.1, -0.05) is 0 Å². The number of ether oxygens (including phenoxy) is 1. The summed E-state index contributed by atoms with van der Waals surface area (Å²) in [5, 5.41) is 36.6. The number of hydrogen-bond acceptors (Lipinski definition) is 6.